The predicted molar refractivity (Wildman–Crippen MR) is 66.3 cm³/mol. The molecule has 0 atom stereocenters. The lowest BCUT2D eigenvalue weighted by molar-refractivity contribution is -0.0394. The Morgan fingerprint density at radius 3 is 2.83 bits per heavy atom. The molecular weight excluding hydrogens is 230 g/mol. The summed E-state index contributed by atoms with van der Waals surface area (Å²) >= 11 is 0. The van der Waals surface area contributed by atoms with Crippen molar-refractivity contribution < 1.29 is 14.2 Å². The van der Waals surface area contributed by atoms with E-state index in [2.05, 4.69) is 6.07 Å². The Morgan fingerprint density at radius 1 is 1.39 bits per heavy atom. The molecule has 0 aliphatic carbocycles. The predicted octanol–water partition coefficient (Wildman–Crippen LogP) is 2.26. The third-order valence-corrected chi connectivity index (χ3v) is 3.05. The smallest absolute Gasteiger partial charge is 0.124 e. The summed E-state index contributed by atoms with van der Waals surface area (Å²) < 4.78 is 16.4. The number of methoxy groups -OCH3 is 1. The van der Waals surface area contributed by atoms with Gasteiger partial charge in [-0.3, -0.25) is 0 Å². The van der Waals surface area contributed by atoms with Gasteiger partial charge in [0, 0.05) is 18.8 Å². The lowest BCUT2D eigenvalue weighted by Gasteiger charge is -2.22. The molecule has 1 heterocycles. The van der Waals surface area contributed by atoms with Gasteiger partial charge >= 0.3 is 0 Å². The van der Waals surface area contributed by atoms with Gasteiger partial charge in [0.15, 0.2) is 0 Å². The summed E-state index contributed by atoms with van der Waals surface area (Å²) in [5.41, 5.74) is 1.55. The van der Waals surface area contributed by atoms with Crippen LogP contribution in [0.25, 0.3) is 0 Å². The van der Waals surface area contributed by atoms with Crippen molar-refractivity contribution in [3.63, 3.8) is 0 Å². The van der Waals surface area contributed by atoms with Gasteiger partial charge in [0.05, 0.1) is 31.5 Å². The zero-order chi connectivity index (χ0) is 12.8. The Hall–Kier alpha value is -1.57. The fourth-order valence-corrected chi connectivity index (χ4v) is 2.01. The first-order chi connectivity index (χ1) is 8.83. The fourth-order valence-electron chi connectivity index (χ4n) is 2.01. The van der Waals surface area contributed by atoms with Gasteiger partial charge in [-0.25, -0.2) is 0 Å². The number of hydrogen-bond acceptors (Lipinski definition) is 4. The quantitative estimate of drug-likeness (QED) is 0.819. The van der Waals surface area contributed by atoms with E-state index in [0.29, 0.717) is 12.2 Å². The molecule has 0 N–H and O–H groups in total. The molecule has 1 aromatic rings. The first-order valence-electron chi connectivity index (χ1n) is 6.10. The van der Waals surface area contributed by atoms with E-state index >= 15 is 0 Å². The molecule has 1 fully saturated rings. The van der Waals surface area contributed by atoms with Crippen LogP contribution in [-0.4, -0.2) is 26.4 Å². The third-order valence-electron chi connectivity index (χ3n) is 3.05. The first kappa shape index (κ1) is 12.9. The highest BCUT2D eigenvalue weighted by molar-refractivity contribution is 5.41. The van der Waals surface area contributed by atoms with Crippen molar-refractivity contribution >= 4 is 0 Å². The van der Waals surface area contributed by atoms with Crippen LogP contribution in [-0.2, 0) is 16.1 Å². The van der Waals surface area contributed by atoms with Crippen LogP contribution in [0.3, 0.4) is 0 Å². The molecular formula is C14H17NO3. The Labute approximate surface area is 107 Å². The summed E-state index contributed by atoms with van der Waals surface area (Å²) in [7, 11) is 1.62. The van der Waals surface area contributed by atoms with Gasteiger partial charge < -0.3 is 14.2 Å². The molecule has 0 aromatic heterocycles. The molecule has 96 valence electrons. The molecule has 2 rings (SSSR count). The van der Waals surface area contributed by atoms with Gasteiger partial charge in [0.1, 0.15) is 5.75 Å². The average Bonchev–Trinajstić information content (AvgIpc) is 2.45. The lowest BCUT2D eigenvalue weighted by atomic mass is 10.1. The summed E-state index contributed by atoms with van der Waals surface area (Å²) in [4.78, 5) is 0. The second-order valence-electron chi connectivity index (χ2n) is 4.26. The van der Waals surface area contributed by atoms with Gasteiger partial charge in [0.25, 0.3) is 0 Å². The number of rotatable bonds is 4. The number of benzene rings is 1. The molecule has 4 nitrogen and oxygen atoms in total. The van der Waals surface area contributed by atoms with Crippen LogP contribution in [0.4, 0.5) is 0 Å². The second kappa shape index (κ2) is 6.39. The van der Waals surface area contributed by atoms with Gasteiger partial charge in [0.2, 0.25) is 0 Å². The van der Waals surface area contributed by atoms with E-state index in [1.54, 1.807) is 19.2 Å². The Balaban J connectivity index is 2.00. The van der Waals surface area contributed by atoms with Gasteiger partial charge in [-0.05, 0) is 31.0 Å². The highest BCUT2D eigenvalue weighted by Crippen LogP contribution is 2.22. The zero-order valence-electron chi connectivity index (χ0n) is 10.5. The van der Waals surface area contributed by atoms with E-state index in [9.17, 15) is 0 Å². The van der Waals surface area contributed by atoms with E-state index in [1.807, 2.05) is 6.07 Å². The van der Waals surface area contributed by atoms with Crippen LogP contribution < -0.4 is 4.74 Å². The molecule has 0 bridgehead atoms. The maximum Gasteiger partial charge on any atom is 0.124 e. The van der Waals surface area contributed by atoms with Crippen molar-refractivity contribution in [2.45, 2.75) is 25.6 Å². The van der Waals surface area contributed by atoms with Crippen LogP contribution in [0.2, 0.25) is 0 Å². The number of ether oxygens (including phenoxy) is 3. The summed E-state index contributed by atoms with van der Waals surface area (Å²) in [5, 5.41) is 8.89. The van der Waals surface area contributed by atoms with Crippen molar-refractivity contribution in [3.05, 3.63) is 29.3 Å². The highest BCUT2D eigenvalue weighted by atomic mass is 16.5. The van der Waals surface area contributed by atoms with E-state index in [1.165, 1.54) is 0 Å². The number of nitriles is 1. The maximum atomic E-state index is 8.89. The number of nitrogens with zero attached hydrogens (tertiary/aromatic N) is 1. The molecule has 0 saturated carbocycles. The third kappa shape index (κ3) is 3.22. The van der Waals surface area contributed by atoms with Crippen molar-refractivity contribution in [1.82, 2.24) is 0 Å². The minimum absolute atomic E-state index is 0.245. The maximum absolute atomic E-state index is 8.89. The molecule has 18 heavy (non-hydrogen) atoms. The Kier molecular flexibility index (Phi) is 4.57. The molecule has 4 heteroatoms. The van der Waals surface area contributed by atoms with E-state index in [-0.39, 0.29) is 6.10 Å². The lowest BCUT2D eigenvalue weighted by Crippen LogP contribution is -2.23. The van der Waals surface area contributed by atoms with Crippen LogP contribution in [0, 0.1) is 11.3 Å². The number of hydrogen-bond donors (Lipinski definition) is 0. The highest BCUT2D eigenvalue weighted by Gasteiger charge is 2.15. The normalized spacial score (nSPS) is 16.2. The first-order valence-corrected chi connectivity index (χ1v) is 6.10. The molecule has 0 spiro atoms. The Morgan fingerprint density at radius 2 is 2.17 bits per heavy atom. The molecule has 0 amide bonds. The molecule has 1 aromatic carbocycles. The van der Waals surface area contributed by atoms with Crippen LogP contribution >= 0.6 is 0 Å². The fraction of sp³-hybridized carbons (Fsp3) is 0.500. The standard InChI is InChI=1S/C14H17NO3/c1-16-14-3-2-11(9-15)8-12(14)10-18-13-4-6-17-7-5-13/h2-3,8,13H,4-7,10H2,1H3. The Bertz CT molecular complexity index is 433. The molecule has 1 aliphatic heterocycles. The molecule has 0 unspecified atom stereocenters. The molecule has 1 aliphatic rings. The van der Waals surface area contributed by atoms with Crippen molar-refractivity contribution in [2.24, 2.45) is 0 Å². The topological polar surface area (TPSA) is 51.5 Å². The summed E-state index contributed by atoms with van der Waals surface area (Å²) in [5.74, 6) is 0.765. The van der Waals surface area contributed by atoms with Crippen molar-refractivity contribution in [2.75, 3.05) is 20.3 Å². The van der Waals surface area contributed by atoms with Gasteiger partial charge in [-0.2, -0.15) is 5.26 Å². The minimum Gasteiger partial charge on any atom is -0.496 e. The summed E-state index contributed by atoms with van der Waals surface area (Å²) in [6.07, 6.45) is 2.11. The molecule has 0 radical (unpaired) electrons. The van der Waals surface area contributed by atoms with Crippen molar-refractivity contribution in [1.29, 1.82) is 5.26 Å². The van der Waals surface area contributed by atoms with Gasteiger partial charge in [-0.1, -0.05) is 0 Å². The van der Waals surface area contributed by atoms with Gasteiger partial charge in [-0.15, -0.1) is 0 Å². The second-order valence-corrected chi connectivity index (χ2v) is 4.26. The van der Waals surface area contributed by atoms with Crippen LogP contribution in [0.5, 0.6) is 5.75 Å². The zero-order valence-corrected chi connectivity index (χ0v) is 10.5. The molecule has 1 saturated heterocycles. The minimum atomic E-state index is 0.245. The summed E-state index contributed by atoms with van der Waals surface area (Å²) in [6, 6.07) is 7.50. The van der Waals surface area contributed by atoms with E-state index in [0.717, 1.165) is 37.4 Å². The van der Waals surface area contributed by atoms with Crippen LogP contribution in [0.1, 0.15) is 24.0 Å². The van der Waals surface area contributed by atoms with Crippen LogP contribution in [0.15, 0.2) is 18.2 Å². The largest absolute Gasteiger partial charge is 0.496 e. The SMILES string of the molecule is COc1ccc(C#N)cc1COC1CCOCC1. The average molecular weight is 247 g/mol. The van der Waals surface area contributed by atoms with E-state index < -0.39 is 0 Å². The van der Waals surface area contributed by atoms with E-state index in [4.69, 9.17) is 19.5 Å². The van der Waals surface area contributed by atoms with Crippen molar-refractivity contribution in [3.8, 4) is 11.8 Å². The monoisotopic (exact) mass is 247 g/mol. The summed E-state index contributed by atoms with van der Waals surface area (Å²) in [6.45, 7) is 2.00.